The molecule has 2 rings (SSSR count). The Morgan fingerprint density at radius 3 is 3.12 bits per heavy atom. The van der Waals surface area contributed by atoms with Crippen LogP contribution in [0.1, 0.15) is 38.5 Å². The van der Waals surface area contributed by atoms with Crippen LogP contribution < -0.4 is 10.6 Å². The van der Waals surface area contributed by atoms with Gasteiger partial charge >= 0.3 is 5.97 Å². The second kappa shape index (κ2) is 5.87. The van der Waals surface area contributed by atoms with Gasteiger partial charge in [0.05, 0.1) is 6.17 Å². The van der Waals surface area contributed by atoms with Crippen molar-refractivity contribution >= 4 is 5.97 Å². The smallest absolute Gasteiger partial charge is 0.303 e. The first-order chi connectivity index (χ1) is 8.25. The van der Waals surface area contributed by atoms with Gasteiger partial charge in [-0.3, -0.25) is 10.1 Å². The lowest BCUT2D eigenvalue weighted by Gasteiger charge is -2.32. The van der Waals surface area contributed by atoms with E-state index in [-0.39, 0.29) is 6.42 Å². The topological polar surface area (TPSA) is 61.4 Å². The molecule has 2 aliphatic heterocycles. The first kappa shape index (κ1) is 12.2. The zero-order valence-corrected chi connectivity index (χ0v) is 10.0. The lowest BCUT2D eigenvalue weighted by molar-refractivity contribution is -0.137. The van der Waals surface area contributed by atoms with E-state index in [1.807, 2.05) is 0 Å². The van der Waals surface area contributed by atoms with Gasteiger partial charge in [-0.1, -0.05) is 6.08 Å². The van der Waals surface area contributed by atoms with Crippen molar-refractivity contribution in [2.75, 3.05) is 6.54 Å². The van der Waals surface area contributed by atoms with Crippen molar-refractivity contribution in [3.8, 4) is 0 Å². The average molecular weight is 236 g/mol. The summed E-state index contributed by atoms with van der Waals surface area (Å²) in [6, 6.07) is 0. The van der Waals surface area contributed by atoms with Crippen LogP contribution >= 0.6 is 0 Å². The molecule has 0 radical (unpaired) electrons. The molecule has 0 amide bonds. The highest BCUT2D eigenvalue weighted by molar-refractivity contribution is 5.66. The van der Waals surface area contributed by atoms with Gasteiger partial charge in [-0.2, -0.15) is 0 Å². The van der Waals surface area contributed by atoms with Crippen LogP contribution in [0.4, 0.5) is 0 Å². The van der Waals surface area contributed by atoms with Crippen LogP contribution in [0, 0.1) is 0 Å². The Labute approximate surface area is 102 Å². The number of aliphatic carboxylic acids is 1. The molecule has 0 saturated carbocycles. The molecule has 0 bridgehead atoms. The second-order valence-corrected chi connectivity index (χ2v) is 4.67. The Bertz CT molecular complexity index is 347. The highest BCUT2D eigenvalue weighted by Crippen LogP contribution is 2.20. The third-order valence-corrected chi connectivity index (χ3v) is 3.28. The SMILES string of the molecule is O=C(O)CCCCC1=CC=C2CCCNC2N1. The number of unbranched alkanes of at least 4 members (excludes halogenated alkanes) is 1. The van der Waals surface area contributed by atoms with Crippen LogP contribution in [-0.2, 0) is 4.79 Å². The summed E-state index contributed by atoms with van der Waals surface area (Å²) in [5.41, 5.74) is 2.66. The molecule has 17 heavy (non-hydrogen) atoms. The van der Waals surface area contributed by atoms with E-state index in [1.165, 1.54) is 24.1 Å². The maximum absolute atomic E-state index is 10.4. The number of rotatable bonds is 5. The van der Waals surface area contributed by atoms with Gasteiger partial charge in [-0.05, 0) is 50.3 Å². The normalized spacial score (nSPS) is 23.2. The number of piperidine rings is 1. The number of hydrogen-bond acceptors (Lipinski definition) is 3. The van der Waals surface area contributed by atoms with Crippen LogP contribution in [0.15, 0.2) is 23.4 Å². The summed E-state index contributed by atoms with van der Waals surface area (Å²) in [6.07, 6.45) is 9.94. The molecule has 4 nitrogen and oxygen atoms in total. The predicted molar refractivity (Wildman–Crippen MR) is 66.4 cm³/mol. The summed E-state index contributed by atoms with van der Waals surface area (Å²) in [4.78, 5) is 10.4. The molecular weight excluding hydrogens is 216 g/mol. The van der Waals surface area contributed by atoms with Gasteiger partial charge in [-0.15, -0.1) is 0 Å². The number of carbonyl (C=O) groups is 1. The molecule has 3 N–H and O–H groups in total. The van der Waals surface area contributed by atoms with Crippen LogP contribution in [0.3, 0.4) is 0 Å². The number of carboxylic acids is 1. The molecule has 1 atom stereocenters. The quantitative estimate of drug-likeness (QED) is 0.636. The van der Waals surface area contributed by atoms with Gasteiger partial charge in [0.25, 0.3) is 0 Å². The van der Waals surface area contributed by atoms with Gasteiger partial charge in [0.2, 0.25) is 0 Å². The van der Waals surface area contributed by atoms with E-state index in [4.69, 9.17) is 5.11 Å². The minimum Gasteiger partial charge on any atom is -0.481 e. The molecule has 0 aromatic carbocycles. The standard InChI is InChI=1S/C13H20N2O2/c16-12(17)6-2-1-5-11-8-7-10-4-3-9-14-13(10)15-11/h7-8,13-15H,1-6,9H2,(H,16,17). The minimum absolute atomic E-state index is 0.274. The van der Waals surface area contributed by atoms with E-state index in [1.54, 1.807) is 0 Å². The van der Waals surface area contributed by atoms with Gasteiger partial charge in [0.15, 0.2) is 0 Å². The van der Waals surface area contributed by atoms with Crippen molar-refractivity contribution in [2.45, 2.75) is 44.7 Å². The number of carboxylic acid groups (broad SMARTS) is 1. The fourth-order valence-electron chi connectivity index (χ4n) is 2.33. The van der Waals surface area contributed by atoms with E-state index in [0.29, 0.717) is 6.17 Å². The third kappa shape index (κ3) is 3.60. The molecule has 0 aliphatic carbocycles. The van der Waals surface area contributed by atoms with Gasteiger partial charge in [0.1, 0.15) is 0 Å². The monoisotopic (exact) mass is 236 g/mol. The first-order valence-electron chi connectivity index (χ1n) is 6.37. The molecule has 0 aromatic heterocycles. The molecule has 4 heteroatoms. The van der Waals surface area contributed by atoms with E-state index in [2.05, 4.69) is 22.8 Å². The summed E-state index contributed by atoms with van der Waals surface area (Å²) in [7, 11) is 0. The van der Waals surface area contributed by atoms with Crippen molar-refractivity contribution < 1.29 is 9.90 Å². The van der Waals surface area contributed by atoms with Crippen molar-refractivity contribution in [2.24, 2.45) is 0 Å². The molecular formula is C13H20N2O2. The van der Waals surface area contributed by atoms with E-state index in [9.17, 15) is 4.79 Å². The lowest BCUT2D eigenvalue weighted by atomic mass is 9.98. The van der Waals surface area contributed by atoms with Crippen molar-refractivity contribution in [1.29, 1.82) is 0 Å². The Balaban J connectivity index is 1.76. The Morgan fingerprint density at radius 1 is 1.41 bits per heavy atom. The summed E-state index contributed by atoms with van der Waals surface area (Å²) in [5.74, 6) is -0.702. The minimum atomic E-state index is -0.702. The van der Waals surface area contributed by atoms with E-state index in [0.717, 1.165) is 25.8 Å². The zero-order valence-electron chi connectivity index (χ0n) is 10.0. The highest BCUT2D eigenvalue weighted by Gasteiger charge is 2.20. The molecule has 1 unspecified atom stereocenters. The third-order valence-electron chi connectivity index (χ3n) is 3.28. The first-order valence-corrected chi connectivity index (χ1v) is 6.37. The van der Waals surface area contributed by atoms with Crippen LogP contribution in [0.2, 0.25) is 0 Å². The number of nitrogens with one attached hydrogen (secondary N) is 2. The lowest BCUT2D eigenvalue weighted by Crippen LogP contribution is -2.47. The molecule has 2 heterocycles. The van der Waals surface area contributed by atoms with Crippen molar-refractivity contribution in [3.05, 3.63) is 23.4 Å². The van der Waals surface area contributed by atoms with Crippen molar-refractivity contribution in [1.82, 2.24) is 10.6 Å². The molecule has 1 saturated heterocycles. The molecule has 94 valence electrons. The molecule has 1 fully saturated rings. The van der Waals surface area contributed by atoms with Gasteiger partial charge in [0, 0.05) is 12.1 Å². The molecule has 0 spiro atoms. The number of fused-ring (bicyclic) bond motifs is 1. The second-order valence-electron chi connectivity index (χ2n) is 4.67. The summed E-state index contributed by atoms with van der Waals surface area (Å²) in [6.45, 7) is 1.07. The van der Waals surface area contributed by atoms with Gasteiger partial charge in [-0.25, -0.2) is 0 Å². The van der Waals surface area contributed by atoms with Gasteiger partial charge < -0.3 is 10.4 Å². The average Bonchev–Trinajstić information content (AvgIpc) is 2.34. The summed E-state index contributed by atoms with van der Waals surface area (Å²) in [5, 5.41) is 15.5. The molecule has 0 aromatic rings. The van der Waals surface area contributed by atoms with Crippen molar-refractivity contribution in [3.63, 3.8) is 0 Å². The number of dihydropyridines is 1. The van der Waals surface area contributed by atoms with E-state index >= 15 is 0 Å². The van der Waals surface area contributed by atoms with E-state index < -0.39 is 5.97 Å². The number of allylic oxidation sites excluding steroid dienone is 3. The fraction of sp³-hybridized carbons (Fsp3) is 0.615. The maximum Gasteiger partial charge on any atom is 0.303 e. The number of hydrogen-bond donors (Lipinski definition) is 3. The molecule has 2 aliphatic rings. The highest BCUT2D eigenvalue weighted by atomic mass is 16.4. The maximum atomic E-state index is 10.4. The summed E-state index contributed by atoms with van der Waals surface area (Å²) < 4.78 is 0. The Kier molecular flexibility index (Phi) is 4.20. The zero-order chi connectivity index (χ0) is 12.1. The van der Waals surface area contributed by atoms with Crippen LogP contribution in [0.25, 0.3) is 0 Å². The van der Waals surface area contributed by atoms with Crippen LogP contribution in [0.5, 0.6) is 0 Å². The van der Waals surface area contributed by atoms with Crippen LogP contribution in [-0.4, -0.2) is 23.8 Å². The largest absolute Gasteiger partial charge is 0.481 e. The Morgan fingerprint density at radius 2 is 2.29 bits per heavy atom. The fourth-order valence-corrected chi connectivity index (χ4v) is 2.33. The summed E-state index contributed by atoms with van der Waals surface area (Å²) >= 11 is 0. The Hall–Kier alpha value is -1.29. The predicted octanol–water partition coefficient (Wildman–Crippen LogP) is 1.75.